The molecule has 1 aliphatic heterocycles. The predicted molar refractivity (Wildman–Crippen MR) is 68.3 cm³/mol. The van der Waals surface area contributed by atoms with E-state index in [-0.39, 0.29) is 0 Å². The lowest BCUT2D eigenvalue weighted by atomic mass is 9.92. The Labute approximate surface area is 103 Å². The molecule has 0 atom stereocenters. The van der Waals surface area contributed by atoms with Crippen molar-refractivity contribution in [3.05, 3.63) is 23.8 Å². The molecule has 1 aliphatic rings. The molecule has 0 bridgehead atoms. The number of nitrogens with one attached hydrogen (secondary N) is 1. The lowest BCUT2D eigenvalue weighted by molar-refractivity contribution is 0.174. The summed E-state index contributed by atoms with van der Waals surface area (Å²) < 4.78 is 10.6. The number of hydrogen-bond acceptors (Lipinski definition) is 3. The molecule has 1 aromatic rings. The van der Waals surface area contributed by atoms with Crippen molar-refractivity contribution in [3.8, 4) is 11.5 Å². The van der Waals surface area contributed by atoms with Crippen molar-refractivity contribution in [2.45, 2.75) is 33.7 Å². The first-order valence-corrected chi connectivity index (χ1v) is 6.14. The zero-order valence-electron chi connectivity index (χ0n) is 10.9. The molecule has 17 heavy (non-hydrogen) atoms. The molecule has 0 aliphatic carbocycles. The summed E-state index contributed by atoms with van der Waals surface area (Å²) in [5.74, 6) is 1.71. The van der Waals surface area contributed by atoms with E-state index in [1.165, 1.54) is 12.0 Å². The molecule has 1 N–H and O–H groups in total. The number of rotatable bonds is 4. The maximum atomic E-state index is 5.35. The molecule has 2 rings (SSSR count). The monoisotopic (exact) mass is 235 g/mol. The number of ether oxygens (including phenoxy) is 2. The third kappa shape index (κ3) is 3.63. The molecular formula is C14H21NO2. The van der Waals surface area contributed by atoms with Gasteiger partial charge in [-0.1, -0.05) is 26.8 Å². The van der Waals surface area contributed by atoms with Gasteiger partial charge in [-0.25, -0.2) is 0 Å². The molecule has 94 valence electrons. The number of benzene rings is 1. The Bertz CT molecular complexity index is 382. The van der Waals surface area contributed by atoms with Gasteiger partial charge in [0.1, 0.15) is 0 Å². The molecule has 3 heteroatoms. The summed E-state index contributed by atoms with van der Waals surface area (Å²) in [6.45, 7) is 9.04. The SMILES string of the molecule is CC(C)(C)CCNCc1ccc2c(c1)OCO2. The highest BCUT2D eigenvalue weighted by Gasteiger charge is 2.13. The van der Waals surface area contributed by atoms with Crippen LogP contribution in [0.15, 0.2) is 18.2 Å². The smallest absolute Gasteiger partial charge is 0.231 e. The Hall–Kier alpha value is -1.22. The van der Waals surface area contributed by atoms with E-state index in [0.29, 0.717) is 12.2 Å². The van der Waals surface area contributed by atoms with Gasteiger partial charge in [0.2, 0.25) is 6.79 Å². The number of fused-ring (bicyclic) bond motifs is 1. The molecule has 1 heterocycles. The highest BCUT2D eigenvalue weighted by atomic mass is 16.7. The Balaban J connectivity index is 1.80. The van der Waals surface area contributed by atoms with Crippen LogP contribution in [0.5, 0.6) is 11.5 Å². The Kier molecular flexibility index (Phi) is 3.57. The molecule has 0 spiro atoms. The Morgan fingerprint density at radius 2 is 1.94 bits per heavy atom. The molecule has 1 aromatic carbocycles. The van der Waals surface area contributed by atoms with E-state index in [4.69, 9.17) is 9.47 Å². The van der Waals surface area contributed by atoms with Gasteiger partial charge in [-0.05, 0) is 36.1 Å². The fraction of sp³-hybridized carbons (Fsp3) is 0.571. The minimum absolute atomic E-state index is 0.343. The first-order chi connectivity index (χ1) is 8.04. The third-order valence-corrected chi connectivity index (χ3v) is 2.82. The molecule has 0 amide bonds. The van der Waals surface area contributed by atoms with Crippen LogP contribution < -0.4 is 14.8 Å². The van der Waals surface area contributed by atoms with Gasteiger partial charge in [0.25, 0.3) is 0 Å². The van der Waals surface area contributed by atoms with Crippen molar-refractivity contribution < 1.29 is 9.47 Å². The maximum Gasteiger partial charge on any atom is 0.231 e. The molecule has 0 aromatic heterocycles. The zero-order valence-corrected chi connectivity index (χ0v) is 10.9. The molecular weight excluding hydrogens is 214 g/mol. The van der Waals surface area contributed by atoms with Crippen molar-refractivity contribution >= 4 is 0 Å². The van der Waals surface area contributed by atoms with Crippen molar-refractivity contribution in [2.24, 2.45) is 5.41 Å². The summed E-state index contributed by atoms with van der Waals surface area (Å²) >= 11 is 0. The molecule has 3 nitrogen and oxygen atoms in total. The lowest BCUT2D eigenvalue weighted by Crippen LogP contribution is -2.20. The van der Waals surface area contributed by atoms with Crippen LogP contribution in [-0.2, 0) is 6.54 Å². The van der Waals surface area contributed by atoms with Gasteiger partial charge in [-0.3, -0.25) is 0 Å². The van der Waals surface area contributed by atoms with E-state index in [1.54, 1.807) is 0 Å². The van der Waals surface area contributed by atoms with Gasteiger partial charge < -0.3 is 14.8 Å². The van der Waals surface area contributed by atoms with Crippen LogP contribution in [0.3, 0.4) is 0 Å². The second-order valence-corrected chi connectivity index (χ2v) is 5.68. The zero-order chi connectivity index (χ0) is 12.3. The predicted octanol–water partition coefficient (Wildman–Crippen LogP) is 2.94. The van der Waals surface area contributed by atoms with Crippen molar-refractivity contribution in [3.63, 3.8) is 0 Å². The van der Waals surface area contributed by atoms with Crippen LogP contribution >= 0.6 is 0 Å². The minimum Gasteiger partial charge on any atom is -0.454 e. The summed E-state index contributed by atoms with van der Waals surface area (Å²) in [6.07, 6.45) is 1.18. The third-order valence-electron chi connectivity index (χ3n) is 2.82. The summed E-state index contributed by atoms with van der Waals surface area (Å²) in [6, 6.07) is 6.10. The van der Waals surface area contributed by atoms with Gasteiger partial charge >= 0.3 is 0 Å². The Morgan fingerprint density at radius 3 is 2.71 bits per heavy atom. The van der Waals surface area contributed by atoms with Gasteiger partial charge in [-0.15, -0.1) is 0 Å². The largest absolute Gasteiger partial charge is 0.454 e. The fourth-order valence-electron chi connectivity index (χ4n) is 1.75. The first-order valence-electron chi connectivity index (χ1n) is 6.14. The van der Waals surface area contributed by atoms with Crippen molar-refractivity contribution in [2.75, 3.05) is 13.3 Å². The molecule has 0 saturated carbocycles. The summed E-state index contributed by atoms with van der Waals surface area (Å²) in [5.41, 5.74) is 1.63. The average molecular weight is 235 g/mol. The summed E-state index contributed by atoms with van der Waals surface area (Å²) in [7, 11) is 0. The lowest BCUT2D eigenvalue weighted by Gasteiger charge is -2.18. The van der Waals surface area contributed by atoms with Crippen LogP contribution in [-0.4, -0.2) is 13.3 Å². The van der Waals surface area contributed by atoms with Gasteiger partial charge in [0.15, 0.2) is 11.5 Å². The van der Waals surface area contributed by atoms with E-state index >= 15 is 0 Å². The first kappa shape index (κ1) is 12.2. The molecule has 0 fully saturated rings. The topological polar surface area (TPSA) is 30.5 Å². The number of hydrogen-bond donors (Lipinski definition) is 1. The standard InChI is InChI=1S/C14H21NO2/c1-14(2,3)6-7-15-9-11-4-5-12-13(8-11)17-10-16-12/h4-5,8,15H,6-7,9-10H2,1-3H3. The average Bonchev–Trinajstić information content (AvgIpc) is 2.70. The second-order valence-electron chi connectivity index (χ2n) is 5.68. The van der Waals surface area contributed by atoms with Crippen molar-refractivity contribution in [1.29, 1.82) is 0 Å². The molecule has 0 saturated heterocycles. The van der Waals surface area contributed by atoms with E-state index < -0.39 is 0 Å². The fourth-order valence-corrected chi connectivity index (χ4v) is 1.75. The van der Waals surface area contributed by atoms with Crippen LogP contribution in [0.4, 0.5) is 0 Å². The summed E-state index contributed by atoms with van der Waals surface area (Å²) in [4.78, 5) is 0. The van der Waals surface area contributed by atoms with Crippen LogP contribution in [0.25, 0.3) is 0 Å². The van der Waals surface area contributed by atoms with E-state index in [9.17, 15) is 0 Å². The van der Waals surface area contributed by atoms with Gasteiger partial charge in [-0.2, -0.15) is 0 Å². The normalized spacial score (nSPS) is 14.1. The van der Waals surface area contributed by atoms with Crippen LogP contribution in [0, 0.1) is 5.41 Å². The molecule has 0 unspecified atom stereocenters. The van der Waals surface area contributed by atoms with E-state index in [0.717, 1.165) is 24.6 Å². The van der Waals surface area contributed by atoms with Gasteiger partial charge in [0.05, 0.1) is 0 Å². The van der Waals surface area contributed by atoms with Crippen molar-refractivity contribution in [1.82, 2.24) is 5.32 Å². The highest BCUT2D eigenvalue weighted by molar-refractivity contribution is 5.44. The van der Waals surface area contributed by atoms with E-state index in [1.807, 2.05) is 12.1 Å². The van der Waals surface area contributed by atoms with Gasteiger partial charge in [0, 0.05) is 6.54 Å². The Morgan fingerprint density at radius 1 is 1.18 bits per heavy atom. The molecule has 0 radical (unpaired) electrons. The van der Waals surface area contributed by atoms with Crippen LogP contribution in [0.1, 0.15) is 32.8 Å². The quantitative estimate of drug-likeness (QED) is 0.814. The van der Waals surface area contributed by atoms with Crippen LogP contribution in [0.2, 0.25) is 0 Å². The second kappa shape index (κ2) is 4.96. The van der Waals surface area contributed by atoms with E-state index in [2.05, 4.69) is 32.2 Å². The minimum atomic E-state index is 0.343. The highest BCUT2D eigenvalue weighted by Crippen LogP contribution is 2.32. The summed E-state index contributed by atoms with van der Waals surface area (Å²) in [5, 5.41) is 3.45. The maximum absolute atomic E-state index is 5.35.